The van der Waals surface area contributed by atoms with Crippen molar-refractivity contribution in [2.75, 3.05) is 43.6 Å². The number of allylic oxidation sites excluding steroid dienone is 4. The van der Waals surface area contributed by atoms with E-state index in [0.717, 1.165) is 11.1 Å². The molecule has 5 rings (SSSR count). The fraction of sp³-hybridized carbons (Fsp3) is 0.387. The number of nitrogens with one attached hydrogen (secondary N) is 4. The second kappa shape index (κ2) is 11.6. The Labute approximate surface area is 274 Å². The number of hydrogen-bond acceptors (Lipinski definition) is 6. The summed E-state index contributed by atoms with van der Waals surface area (Å²) in [5, 5.41) is 9.42. The third-order valence-corrected chi connectivity index (χ3v) is 11.2. The molecule has 3 aliphatic heterocycles. The van der Waals surface area contributed by atoms with Gasteiger partial charge in [0.05, 0.1) is 10.8 Å². The highest BCUT2D eigenvalue weighted by molar-refractivity contribution is 7.86. The number of urea groups is 2. The summed E-state index contributed by atoms with van der Waals surface area (Å²) in [7, 11) is -5.71. The number of amides is 4. The lowest BCUT2D eigenvalue weighted by atomic mass is 9.81. The van der Waals surface area contributed by atoms with Crippen molar-refractivity contribution in [1.82, 2.24) is 15.1 Å². The van der Waals surface area contributed by atoms with Gasteiger partial charge in [-0.1, -0.05) is 6.08 Å². The van der Waals surface area contributed by atoms with E-state index in [4.69, 9.17) is 0 Å². The Balaban J connectivity index is 1.60. The van der Waals surface area contributed by atoms with Crippen LogP contribution in [-0.2, 0) is 31.1 Å². The van der Waals surface area contributed by atoms with Gasteiger partial charge in [0.2, 0.25) is 5.69 Å². The molecule has 3 heterocycles. The van der Waals surface area contributed by atoms with E-state index in [1.54, 1.807) is 34.9 Å². The second-order valence-corrected chi connectivity index (χ2v) is 16.0. The Morgan fingerprint density at radius 1 is 0.915 bits per heavy atom. The number of anilines is 2. The number of fused-ring (bicyclic) bond motifs is 3. The van der Waals surface area contributed by atoms with Gasteiger partial charge in [0.1, 0.15) is 17.1 Å². The molecule has 1 spiro atoms. The Hall–Kier alpha value is -4.09. The van der Waals surface area contributed by atoms with Crippen LogP contribution in [0.5, 0.6) is 0 Å². The van der Waals surface area contributed by atoms with Gasteiger partial charge in [-0.15, -0.1) is 0 Å². The van der Waals surface area contributed by atoms with Crippen molar-refractivity contribution in [2.45, 2.75) is 43.9 Å². The summed E-state index contributed by atoms with van der Waals surface area (Å²) in [6, 6.07) is 9.76. The molecule has 0 saturated carbocycles. The molecule has 0 aliphatic carbocycles. The highest BCUT2D eigenvalue weighted by atomic mass is 32.2. The molecule has 4 amide bonds. The van der Waals surface area contributed by atoms with Crippen LogP contribution in [-0.4, -0.2) is 86.6 Å². The van der Waals surface area contributed by atoms with Crippen molar-refractivity contribution in [2.24, 2.45) is 0 Å². The third-order valence-electron chi connectivity index (χ3n) is 9.26. The fourth-order valence-corrected chi connectivity index (χ4v) is 8.44. The number of carbonyl (C=O) groups is 2. The molecule has 16 heteroatoms. The molecular formula is C31H40N6O8S2+2. The van der Waals surface area contributed by atoms with Crippen molar-refractivity contribution in [3.05, 3.63) is 71.5 Å². The summed E-state index contributed by atoms with van der Waals surface area (Å²) in [4.78, 5) is 24.0. The van der Waals surface area contributed by atoms with Gasteiger partial charge in [-0.3, -0.25) is 9.11 Å². The minimum Gasteiger partial charge on any atom is -0.341 e. The zero-order valence-corrected chi connectivity index (χ0v) is 28.6. The van der Waals surface area contributed by atoms with Crippen molar-refractivity contribution in [3.63, 3.8) is 0 Å². The van der Waals surface area contributed by atoms with Crippen LogP contribution >= 0.6 is 0 Å². The van der Waals surface area contributed by atoms with Crippen molar-refractivity contribution < 1.29 is 40.1 Å². The van der Waals surface area contributed by atoms with Crippen LogP contribution in [0.25, 0.3) is 0 Å². The highest BCUT2D eigenvalue weighted by Gasteiger charge is 2.73. The Morgan fingerprint density at radius 2 is 1.49 bits per heavy atom. The van der Waals surface area contributed by atoms with Crippen LogP contribution in [0, 0.1) is 0 Å². The van der Waals surface area contributed by atoms with E-state index in [1.165, 1.54) is 14.1 Å². The Bertz CT molecular complexity index is 2000. The maximum atomic E-state index is 12.5. The maximum absolute atomic E-state index is 12.5. The topological polar surface area (TPSA) is 194 Å². The van der Waals surface area contributed by atoms with Crippen LogP contribution < -0.4 is 25.8 Å². The van der Waals surface area contributed by atoms with E-state index in [9.17, 15) is 35.5 Å². The predicted molar refractivity (Wildman–Crippen MR) is 181 cm³/mol. The van der Waals surface area contributed by atoms with Gasteiger partial charge >= 0.3 is 22.2 Å². The van der Waals surface area contributed by atoms with E-state index in [-0.39, 0.29) is 17.6 Å². The smallest absolute Gasteiger partial charge is 0.326 e. The van der Waals surface area contributed by atoms with Crippen molar-refractivity contribution in [3.8, 4) is 0 Å². The molecule has 1 saturated heterocycles. The first-order valence-electron chi connectivity index (χ1n) is 14.9. The third kappa shape index (κ3) is 6.07. The maximum Gasteiger partial charge on any atom is 0.326 e. The second-order valence-electron chi connectivity index (χ2n) is 12.9. The fourth-order valence-electron chi connectivity index (χ4n) is 6.92. The molecular weight excluding hydrogens is 649 g/mol. The average molecular weight is 689 g/mol. The SMILES string of the molecule is CNC(=O)Nc1ccc2c(c1)C(C)(C)C(C=C/C=C1\C(C)(C)c3cc(NC(=O)NC)ccc3[N+]13CC3S(=O)(=O)O)=[N+]2CCS(=O)(=O)O. The summed E-state index contributed by atoms with van der Waals surface area (Å²) in [6.07, 6.45) is 5.42. The standard InChI is InChI=1S/C31H38N6O8S2/c1-30(2)21-16-19(34-28(38)32-5)10-12-23(21)36(14-15-46(40,41)42)25(30)8-7-9-26-31(3,4)22-17-20(35-29(39)33-6)11-13-24(22)37(26)18-27(37)47(43,44)45/h7-13,16-17,27H,14-15,18H2,1-6H3,(H4-2,32,33,34,35,38,39,40,41,42,43,44,45)/p+2/b8-7?,26-9+. The molecule has 47 heavy (non-hydrogen) atoms. The van der Waals surface area contributed by atoms with Gasteiger partial charge in [-0.25, -0.2) is 14.1 Å². The zero-order chi connectivity index (χ0) is 34.7. The van der Waals surface area contributed by atoms with Crippen LogP contribution in [0.4, 0.5) is 32.3 Å². The Morgan fingerprint density at radius 3 is 2.02 bits per heavy atom. The molecule has 0 radical (unpaired) electrons. The number of quaternary nitrogens is 1. The zero-order valence-electron chi connectivity index (χ0n) is 26.9. The van der Waals surface area contributed by atoms with E-state index in [1.807, 2.05) is 52.0 Å². The first-order valence-corrected chi connectivity index (χ1v) is 18.0. The highest BCUT2D eigenvalue weighted by Crippen LogP contribution is 2.61. The number of carbonyl (C=O) groups excluding carboxylic acids is 2. The monoisotopic (exact) mass is 688 g/mol. The molecule has 6 N–H and O–H groups in total. The van der Waals surface area contributed by atoms with Gasteiger partial charge in [-0.05, 0) is 58.0 Å². The summed E-state index contributed by atoms with van der Waals surface area (Å²) >= 11 is 0. The van der Waals surface area contributed by atoms with Crippen LogP contribution in [0.1, 0.15) is 38.8 Å². The van der Waals surface area contributed by atoms with Crippen LogP contribution in [0.3, 0.4) is 0 Å². The van der Waals surface area contributed by atoms with Crippen LogP contribution in [0.15, 0.2) is 60.3 Å². The molecule has 14 nitrogen and oxygen atoms in total. The van der Waals surface area contributed by atoms with E-state index < -0.39 is 54.3 Å². The van der Waals surface area contributed by atoms with Gasteiger partial charge in [-0.2, -0.15) is 21.4 Å². The molecule has 2 aromatic rings. The minimum atomic E-state index is -4.42. The molecule has 2 unspecified atom stereocenters. The quantitative estimate of drug-likeness (QED) is 0.105. The first-order chi connectivity index (χ1) is 21.8. The summed E-state index contributed by atoms with van der Waals surface area (Å²) < 4.78 is 70.0. The van der Waals surface area contributed by atoms with Gasteiger partial charge in [0.15, 0.2) is 18.8 Å². The lowest BCUT2D eigenvalue weighted by Crippen LogP contribution is -2.33. The molecule has 252 valence electrons. The minimum absolute atomic E-state index is 0.0450. The van der Waals surface area contributed by atoms with Gasteiger partial charge in [0, 0.05) is 54.8 Å². The molecule has 2 aromatic carbocycles. The van der Waals surface area contributed by atoms with Crippen molar-refractivity contribution in [1.29, 1.82) is 0 Å². The van der Waals surface area contributed by atoms with Crippen molar-refractivity contribution >= 4 is 60.8 Å². The molecule has 3 aliphatic rings. The molecule has 1 fully saturated rings. The number of hydrogen-bond donors (Lipinski definition) is 6. The largest absolute Gasteiger partial charge is 0.341 e. The lowest BCUT2D eigenvalue weighted by molar-refractivity contribution is -0.432. The molecule has 0 aromatic heterocycles. The predicted octanol–water partition coefficient (Wildman–Crippen LogP) is 3.42. The molecule has 0 bridgehead atoms. The summed E-state index contributed by atoms with van der Waals surface area (Å²) in [5.74, 6) is -0.524. The number of rotatable bonds is 8. The van der Waals surface area contributed by atoms with Gasteiger partial charge < -0.3 is 21.3 Å². The first kappa shape index (κ1) is 34.3. The Kier molecular flexibility index (Phi) is 8.42. The normalized spacial score (nSPS) is 23.1. The summed E-state index contributed by atoms with van der Waals surface area (Å²) in [5.41, 5.74) is 4.11. The lowest BCUT2D eigenvalue weighted by Gasteiger charge is -2.21. The van der Waals surface area contributed by atoms with E-state index in [2.05, 4.69) is 21.3 Å². The van der Waals surface area contributed by atoms with Crippen LogP contribution in [0.2, 0.25) is 0 Å². The average Bonchev–Trinajstić information content (AvgIpc) is 3.66. The summed E-state index contributed by atoms with van der Waals surface area (Å²) in [6.45, 7) is 7.90. The number of benzene rings is 2. The van der Waals surface area contributed by atoms with E-state index in [0.29, 0.717) is 34.2 Å². The van der Waals surface area contributed by atoms with E-state index >= 15 is 0 Å². The molecule has 2 atom stereocenters. The number of nitrogens with zero attached hydrogens (tertiary/aromatic N) is 2. The van der Waals surface area contributed by atoms with Gasteiger partial charge in [0.25, 0.3) is 15.5 Å².